The van der Waals surface area contributed by atoms with E-state index in [0.717, 1.165) is 22.3 Å². The average molecular weight is 621 g/mol. The predicted octanol–water partition coefficient (Wildman–Crippen LogP) is 5.75. The number of fused-ring (bicyclic) bond motifs is 2. The van der Waals surface area contributed by atoms with E-state index in [1.54, 1.807) is 0 Å². The van der Waals surface area contributed by atoms with Crippen LogP contribution in [0.1, 0.15) is 55.5 Å². The highest BCUT2D eigenvalue weighted by atomic mass is 16.8. The normalized spacial score (nSPS) is 24.0. The summed E-state index contributed by atoms with van der Waals surface area (Å²) in [6.45, 7) is 6.73. The third-order valence-electron chi connectivity index (χ3n) is 9.16. The minimum absolute atomic E-state index is 0.0544. The average Bonchev–Trinajstić information content (AvgIpc) is 3.65. The molecule has 0 spiro atoms. The lowest BCUT2D eigenvalue weighted by atomic mass is 9.80. The topological polar surface area (TPSA) is 114 Å². The van der Waals surface area contributed by atoms with Crippen molar-refractivity contribution >= 4 is 16.9 Å². The van der Waals surface area contributed by atoms with Crippen LogP contribution < -0.4 is 5.73 Å². The van der Waals surface area contributed by atoms with Crippen molar-refractivity contribution in [2.24, 2.45) is 0 Å². The standard InChI is InChI=1S/C37H40N4O5/c1-35(2)45-33-29(44-32(36(33,3)46-35)28-22-41(20-13-21-42)31-30(28)39-24-40-34(31)38)23-43-37(25-14-7-4-8-15-25,26-16-9-5-10-17-26)27-18-11-6-12-19-27/h4-12,14-19,22,24,29,32-33,42H,13,20-21,23H2,1-3H3,(H2,38,39,40)/t29-,32+,33?,36+/m1/s1. The Balaban J connectivity index is 1.31. The highest BCUT2D eigenvalue weighted by Crippen LogP contribution is 2.54. The van der Waals surface area contributed by atoms with Crippen molar-refractivity contribution in [1.82, 2.24) is 14.5 Å². The van der Waals surface area contributed by atoms with Gasteiger partial charge in [0, 0.05) is 24.9 Å². The molecule has 4 atom stereocenters. The van der Waals surface area contributed by atoms with E-state index in [4.69, 9.17) is 24.7 Å². The lowest BCUT2D eigenvalue weighted by Crippen LogP contribution is -2.42. The van der Waals surface area contributed by atoms with E-state index < -0.39 is 35.3 Å². The van der Waals surface area contributed by atoms with E-state index in [9.17, 15) is 5.11 Å². The number of anilines is 1. The summed E-state index contributed by atoms with van der Waals surface area (Å²) >= 11 is 0. The van der Waals surface area contributed by atoms with E-state index in [1.807, 2.05) is 86.1 Å². The van der Waals surface area contributed by atoms with Gasteiger partial charge in [0.2, 0.25) is 0 Å². The fraction of sp³-hybridized carbons (Fsp3) is 0.351. The Labute approximate surface area is 268 Å². The first kappa shape index (κ1) is 30.5. The lowest BCUT2D eigenvalue weighted by Gasteiger charge is -2.37. The van der Waals surface area contributed by atoms with Gasteiger partial charge in [-0.05, 0) is 43.9 Å². The molecule has 2 aliphatic heterocycles. The molecule has 1 unspecified atom stereocenters. The molecule has 238 valence electrons. The number of nitrogens with two attached hydrogens (primary N) is 1. The van der Waals surface area contributed by atoms with Gasteiger partial charge >= 0.3 is 0 Å². The Morgan fingerprint density at radius 3 is 2.04 bits per heavy atom. The zero-order chi connectivity index (χ0) is 31.9. The highest BCUT2D eigenvalue weighted by Gasteiger charge is 2.64. The number of aliphatic hydroxyl groups excluding tert-OH is 1. The van der Waals surface area contributed by atoms with Crippen LogP contribution in [0.25, 0.3) is 11.0 Å². The van der Waals surface area contributed by atoms with Crippen molar-refractivity contribution in [1.29, 1.82) is 0 Å². The molecule has 0 bridgehead atoms. The second kappa shape index (κ2) is 11.9. The number of hydrogen-bond acceptors (Lipinski definition) is 8. The van der Waals surface area contributed by atoms with Crippen LogP contribution in [-0.2, 0) is 31.1 Å². The fourth-order valence-corrected chi connectivity index (χ4v) is 7.34. The van der Waals surface area contributed by atoms with Crippen molar-refractivity contribution in [3.05, 3.63) is 126 Å². The smallest absolute Gasteiger partial charge is 0.164 e. The molecule has 9 nitrogen and oxygen atoms in total. The number of nitrogens with zero attached hydrogens (tertiary/aromatic N) is 3. The van der Waals surface area contributed by atoms with Crippen LogP contribution in [0.2, 0.25) is 0 Å². The third kappa shape index (κ3) is 5.09. The summed E-state index contributed by atoms with van der Waals surface area (Å²) in [4.78, 5) is 8.89. The zero-order valence-electron chi connectivity index (χ0n) is 26.4. The Morgan fingerprint density at radius 1 is 0.891 bits per heavy atom. The second-order valence-electron chi connectivity index (χ2n) is 12.7. The highest BCUT2D eigenvalue weighted by molar-refractivity contribution is 5.88. The maximum Gasteiger partial charge on any atom is 0.164 e. The van der Waals surface area contributed by atoms with E-state index >= 15 is 0 Å². The van der Waals surface area contributed by atoms with Gasteiger partial charge in [-0.1, -0.05) is 91.0 Å². The summed E-state index contributed by atoms with van der Waals surface area (Å²) in [5, 5.41) is 9.56. The van der Waals surface area contributed by atoms with Crippen molar-refractivity contribution in [3.8, 4) is 0 Å². The van der Waals surface area contributed by atoms with Gasteiger partial charge in [0.15, 0.2) is 11.6 Å². The number of ether oxygens (including phenoxy) is 4. The van der Waals surface area contributed by atoms with Gasteiger partial charge in [0.1, 0.15) is 41.4 Å². The fourth-order valence-electron chi connectivity index (χ4n) is 7.34. The SMILES string of the molecule is CC1(C)OC2[C@@H](COC(c3ccccc3)(c3ccccc3)c3ccccc3)O[C@@H](c3cn(CCCO)c4c(N)ncnc34)[C@]2(C)O1. The first-order chi connectivity index (χ1) is 22.3. The summed E-state index contributed by atoms with van der Waals surface area (Å²) < 4.78 is 29.4. The number of hydrogen-bond donors (Lipinski definition) is 2. The number of aliphatic hydroxyl groups is 1. The van der Waals surface area contributed by atoms with Gasteiger partial charge in [0.05, 0.1) is 12.1 Å². The molecule has 46 heavy (non-hydrogen) atoms. The van der Waals surface area contributed by atoms with E-state index in [-0.39, 0.29) is 13.2 Å². The molecule has 5 aromatic rings. The molecule has 4 heterocycles. The van der Waals surface area contributed by atoms with Crippen LogP contribution in [0, 0.1) is 0 Å². The first-order valence-corrected chi connectivity index (χ1v) is 15.8. The van der Waals surface area contributed by atoms with Gasteiger partial charge in [0.25, 0.3) is 0 Å². The van der Waals surface area contributed by atoms with Crippen molar-refractivity contribution in [2.75, 3.05) is 18.9 Å². The molecule has 7 rings (SSSR count). The lowest BCUT2D eigenvalue weighted by molar-refractivity contribution is -0.210. The molecule has 2 aromatic heterocycles. The molecule has 3 N–H and O–H groups in total. The minimum atomic E-state index is -0.918. The number of nitrogen functional groups attached to an aromatic ring is 1. The van der Waals surface area contributed by atoms with E-state index in [1.165, 1.54) is 6.33 Å². The molecule has 2 fully saturated rings. The van der Waals surface area contributed by atoms with E-state index in [2.05, 4.69) is 46.4 Å². The Hall–Kier alpha value is -4.12. The predicted molar refractivity (Wildman–Crippen MR) is 175 cm³/mol. The van der Waals surface area contributed by atoms with Crippen LogP contribution in [0.4, 0.5) is 5.82 Å². The van der Waals surface area contributed by atoms with Gasteiger partial charge in [-0.25, -0.2) is 9.97 Å². The summed E-state index contributed by atoms with van der Waals surface area (Å²) in [5.74, 6) is -0.478. The van der Waals surface area contributed by atoms with E-state index in [0.29, 0.717) is 29.8 Å². The van der Waals surface area contributed by atoms with Crippen molar-refractivity contribution < 1.29 is 24.1 Å². The summed E-state index contributed by atoms with van der Waals surface area (Å²) in [7, 11) is 0. The van der Waals surface area contributed by atoms with Gasteiger partial charge in [-0.2, -0.15) is 0 Å². The second-order valence-corrected chi connectivity index (χ2v) is 12.7. The number of aromatic nitrogens is 3. The number of aryl methyl sites for hydroxylation is 1. The van der Waals surface area contributed by atoms with Crippen LogP contribution in [0.3, 0.4) is 0 Å². The minimum Gasteiger partial charge on any atom is -0.396 e. The molecule has 0 radical (unpaired) electrons. The third-order valence-corrected chi connectivity index (χ3v) is 9.16. The number of rotatable bonds is 10. The largest absolute Gasteiger partial charge is 0.396 e. The van der Waals surface area contributed by atoms with Crippen molar-refractivity contribution in [2.45, 2.75) is 69.0 Å². The van der Waals surface area contributed by atoms with Crippen LogP contribution in [0.5, 0.6) is 0 Å². The molecule has 0 aliphatic carbocycles. The van der Waals surface area contributed by atoms with Gasteiger partial charge in [-0.15, -0.1) is 0 Å². The molecule has 2 saturated heterocycles. The summed E-state index contributed by atoms with van der Waals surface area (Å²) in [6.07, 6.45) is 2.56. The molecule has 2 aliphatic rings. The van der Waals surface area contributed by atoms with Crippen LogP contribution in [0.15, 0.2) is 104 Å². The van der Waals surface area contributed by atoms with Gasteiger partial charge < -0.3 is 34.4 Å². The maximum absolute atomic E-state index is 9.56. The quantitative estimate of drug-likeness (QED) is 0.190. The Bertz CT molecular complexity index is 1700. The molecular formula is C37H40N4O5. The number of benzene rings is 3. The molecule has 0 amide bonds. The molecule has 9 heteroatoms. The summed E-state index contributed by atoms with van der Waals surface area (Å²) in [5.41, 5.74) is 9.84. The first-order valence-electron chi connectivity index (χ1n) is 15.8. The maximum atomic E-state index is 9.56. The Morgan fingerprint density at radius 2 is 1.48 bits per heavy atom. The zero-order valence-corrected chi connectivity index (χ0v) is 26.4. The molecule has 0 saturated carbocycles. The Kier molecular flexibility index (Phi) is 7.91. The van der Waals surface area contributed by atoms with Crippen LogP contribution >= 0.6 is 0 Å². The van der Waals surface area contributed by atoms with Crippen molar-refractivity contribution in [3.63, 3.8) is 0 Å². The molecular weight excluding hydrogens is 580 g/mol. The monoisotopic (exact) mass is 620 g/mol. The molecule has 3 aromatic carbocycles. The summed E-state index contributed by atoms with van der Waals surface area (Å²) in [6, 6.07) is 30.9. The van der Waals surface area contributed by atoms with Gasteiger partial charge in [-0.3, -0.25) is 0 Å². The van der Waals surface area contributed by atoms with Crippen LogP contribution in [-0.4, -0.2) is 56.5 Å².